The van der Waals surface area contributed by atoms with E-state index in [4.69, 9.17) is 10.5 Å². The fourth-order valence-electron chi connectivity index (χ4n) is 2.81. The highest BCUT2D eigenvalue weighted by molar-refractivity contribution is 5.41. The topological polar surface area (TPSA) is 35.2 Å². The molecule has 2 nitrogen and oxygen atoms in total. The van der Waals surface area contributed by atoms with Crippen LogP contribution >= 0.6 is 0 Å². The van der Waals surface area contributed by atoms with E-state index in [1.165, 1.54) is 16.7 Å². The molecule has 0 saturated carbocycles. The van der Waals surface area contributed by atoms with Crippen LogP contribution in [0.4, 0.5) is 0 Å². The minimum atomic E-state index is 0.0939. The molecule has 104 valence electrons. The lowest BCUT2D eigenvalue weighted by molar-refractivity contribution is 0.254. The first-order chi connectivity index (χ1) is 9.72. The third-order valence-electron chi connectivity index (χ3n) is 3.94. The summed E-state index contributed by atoms with van der Waals surface area (Å²) in [6.07, 6.45) is 3.28. The quantitative estimate of drug-likeness (QED) is 0.918. The molecule has 3 rings (SSSR count). The Kier molecular flexibility index (Phi) is 3.75. The van der Waals surface area contributed by atoms with E-state index in [0.29, 0.717) is 6.10 Å². The first kappa shape index (κ1) is 13.2. The van der Waals surface area contributed by atoms with Gasteiger partial charge in [-0.2, -0.15) is 0 Å². The highest BCUT2D eigenvalue weighted by Gasteiger charge is 2.20. The molecule has 0 fully saturated rings. The summed E-state index contributed by atoms with van der Waals surface area (Å²) in [5.74, 6) is 1.02. The monoisotopic (exact) mass is 267 g/mol. The molecule has 0 unspecified atom stereocenters. The largest absolute Gasteiger partial charge is 0.490 e. The van der Waals surface area contributed by atoms with Crippen molar-refractivity contribution in [2.75, 3.05) is 0 Å². The number of hydrogen-bond acceptors (Lipinski definition) is 2. The second kappa shape index (κ2) is 5.68. The van der Waals surface area contributed by atoms with Crippen LogP contribution < -0.4 is 10.5 Å². The van der Waals surface area contributed by atoms with Gasteiger partial charge in [0.05, 0.1) is 0 Å². The van der Waals surface area contributed by atoms with Crippen LogP contribution in [-0.4, -0.2) is 6.10 Å². The summed E-state index contributed by atoms with van der Waals surface area (Å²) >= 11 is 0. The maximum absolute atomic E-state index is 6.33. The molecule has 2 aromatic rings. The highest BCUT2D eigenvalue weighted by atomic mass is 16.5. The van der Waals surface area contributed by atoms with E-state index in [1.54, 1.807) is 0 Å². The minimum Gasteiger partial charge on any atom is -0.490 e. The predicted octanol–water partition coefficient (Wildman–Crippen LogP) is 3.64. The number of hydrogen-bond donors (Lipinski definition) is 1. The first-order valence-corrected chi connectivity index (χ1v) is 7.31. The molecule has 2 aromatic carbocycles. The van der Waals surface area contributed by atoms with Gasteiger partial charge in [0.15, 0.2) is 0 Å². The van der Waals surface area contributed by atoms with Crippen LogP contribution in [0.5, 0.6) is 5.75 Å². The highest BCUT2D eigenvalue weighted by Crippen LogP contribution is 2.31. The van der Waals surface area contributed by atoms with Gasteiger partial charge in [-0.05, 0) is 42.5 Å². The summed E-state index contributed by atoms with van der Waals surface area (Å²) in [4.78, 5) is 0. The van der Waals surface area contributed by atoms with Gasteiger partial charge in [0.2, 0.25) is 0 Å². The summed E-state index contributed by atoms with van der Waals surface area (Å²) in [5, 5.41) is 0. The summed E-state index contributed by atoms with van der Waals surface area (Å²) in [5.41, 5.74) is 10.2. The van der Waals surface area contributed by atoms with Crippen molar-refractivity contribution in [1.29, 1.82) is 0 Å². The summed E-state index contributed by atoms with van der Waals surface area (Å²) in [7, 11) is 0. The number of nitrogens with two attached hydrogens (primary N) is 1. The van der Waals surface area contributed by atoms with E-state index >= 15 is 0 Å². The van der Waals surface area contributed by atoms with Crippen molar-refractivity contribution in [3.05, 3.63) is 65.2 Å². The van der Waals surface area contributed by atoms with Crippen LogP contribution in [-0.2, 0) is 12.8 Å². The summed E-state index contributed by atoms with van der Waals surface area (Å²) < 4.78 is 5.73. The maximum Gasteiger partial charge on any atom is 0.123 e. The number of fused-ring (bicyclic) bond motifs is 1. The van der Waals surface area contributed by atoms with Crippen molar-refractivity contribution in [2.24, 2.45) is 5.73 Å². The van der Waals surface area contributed by atoms with Gasteiger partial charge < -0.3 is 10.5 Å². The predicted molar refractivity (Wildman–Crippen MR) is 81.9 cm³/mol. The molecule has 2 heteroatoms. The van der Waals surface area contributed by atoms with Crippen molar-refractivity contribution < 1.29 is 4.74 Å². The third kappa shape index (κ3) is 2.86. The zero-order chi connectivity index (χ0) is 13.9. The molecule has 0 spiro atoms. The van der Waals surface area contributed by atoms with Gasteiger partial charge in [-0.1, -0.05) is 42.5 Å². The van der Waals surface area contributed by atoms with Gasteiger partial charge in [-0.3, -0.25) is 0 Å². The molecule has 1 aliphatic rings. The molecule has 0 aromatic heterocycles. The van der Waals surface area contributed by atoms with Crippen LogP contribution in [0.1, 0.15) is 36.1 Å². The molecule has 0 radical (unpaired) electrons. The van der Waals surface area contributed by atoms with Gasteiger partial charge >= 0.3 is 0 Å². The second-order valence-electron chi connectivity index (χ2n) is 5.63. The second-order valence-corrected chi connectivity index (χ2v) is 5.63. The molecular weight excluding hydrogens is 246 g/mol. The standard InChI is InChI=1S/C18H21NO/c1-13-11-16-12-15(8-10-18(16)20-13)17(19)9-7-14-5-3-2-4-6-14/h2-6,8,10,12-13,17H,7,9,11,19H2,1H3/t13-,17-/m0/s1. The smallest absolute Gasteiger partial charge is 0.123 e. The molecule has 0 amide bonds. The average molecular weight is 267 g/mol. The molecule has 1 aliphatic heterocycles. The first-order valence-electron chi connectivity index (χ1n) is 7.31. The van der Waals surface area contributed by atoms with Gasteiger partial charge in [-0.25, -0.2) is 0 Å². The molecule has 2 atom stereocenters. The van der Waals surface area contributed by atoms with Crippen LogP contribution in [0.15, 0.2) is 48.5 Å². The fourth-order valence-corrected chi connectivity index (χ4v) is 2.81. The minimum absolute atomic E-state index is 0.0939. The lowest BCUT2D eigenvalue weighted by Gasteiger charge is -2.13. The van der Waals surface area contributed by atoms with Gasteiger partial charge in [-0.15, -0.1) is 0 Å². The van der Waals surface area contributed by atoms with Crippen LogP contribution in [0.25, 0.3) is 0 Å². The molecule has 0 saturated heterocycles. The van der Waals surface area contributed by atoms with E-state index in [9.17, 15) is 0 Å². The number of benzene rings is 2. The maximum atomic E-state index is 6.33. The summed E-state index contributed by atoms with van der Waals surface area (Å²) in [6.45, 7) is 2.11. The molecule has 2 N–H and O–H groups in total. The van der Waals surface area contributed by atoms with E-state index in [1.807, 2.05) is 6.07 Å². The summed E-state index contributed by atoms with van der Waals surface area (Å²) in [6, 6.07) is 17.0. The zero-order valence-corrected chi connectivity index (χ0v) is 11.9. The van der Waals surface area contributed by atoms with Gasteiger partial charge in [0.1, 0.15) is 11.9 Å². The van der Waals surface area contributed by atoms with Crippen molar-refractivity contribution in [2.45, 2.75) is 38.3 Å². The Hall–Kier alpha value is -1.80. The Morgan fingerprint density at radius 2 is 2.00 bits per heavy atom. The SMILES string of the molecule is C[C@H]1Cc2cc([C@@H](N)CCc3ccccc3)ccc2O1. The molecule has 1 heterocycles. The van der Waals surface area contributed by atoms with Gasteiger partial charge in [0, 0.05) is 12.5 Å². The Morgan fingerprint density at radius 1 is 1.20 bits per heavy atom. The van der Waals surface area contributed by atoms with Crippen molar-refractivity contribution in [3.63, 3.8) is 0 Å². The number of aryl methyl sites for hydroxylation is 1. The van der Waals surface area contributed by atoms with Crippen molar-refractivity contribution >= 4 is 0 Å². The van der Waals surface area contributed by atoms with Crippen molar-refractivity contribution in [3.8, 4) is 5.75 Å². The third-order valence-corrected chi connectivity index (χ3v) is 3.94. The van der Waals surface area contributed by atoms with Crippen LogP contribution in [0.3, 0.4) is 0 Å². The fraction of sp³-hybridized carbons (Fsp3) is 0.333. The lowest BCUT2D eigenvalue weighted by Crippen LogP contribution is -2.11. The number of rotatable bonds is 4. The Morgan fingerprint density at radius 3 is 2.80 bits per heavy atom. The van der Waals surface area contributed by atoms with Crippen molar-refractivity contribution in [1.82, 2.24) is 0 Å². The van der Waals surface area contributed by atoms with E-state index in [0.717, 1.165) is 25.0 Å². The van der Waals surface area contributed by atoms with Crippen LogP contribution in [0, 0.1) is 0 Å². The Labute approximate surface area is 120 Å². The zero-order valence-electron chi connectivity index (χ0n) is 11.9. The molecule has 20 heavy (non-hydrogen) atoms. The van der Waals surface area contributed by atoms with E-state index < -0.39 is 0 Å². The Bertz CT molecular complexity index is 579. The van der Waals surface area contributed by atoms with Gasteiger partial charge in [0.25, 0.3) is 0 Å². The van der Waals surface area contributed by atoms with E-state index in [-0.39, 0.29) is 6.04 Å². The molecule has 0 bridgehead atoms. The van der Waals surface area contributed by atoms with E-state index in [2.05, 4.69) is 49.4 Å². The average Bonchev–Trinajstić information content (AvgIpc) is 2.85. The number of ether oxygens (including phenoxy) is 1. The Balaban J connectivity index is 1.66. The lowest BCUT2D eigenvalue weighted by atomic mass is 9.97. The molecular formula is C18H21NO. The van der Waals surface area contributed by atoms with Crippen LogP contribution in [0.2, 0.25) is 0 Å². The molecule has 0 aliphatic carbocycles. The normalized spacial score (nSPS) is 18.4.